The second-order valence-electron chi connectivity index (χ2n) is 4.43. The molecule has 0 spiro atoms. The monoisotopic (exact) mass is 243 g/mol. The van der Waals surface area contributed by atoms with Crippen molar-refractivity contribution in [2.75, 3.05) is 0 Å². The van der Waals surface area contributed by atoms with Crippen LogP contribution in [-0.4, -0.2) is 13.1 Å². The Morgan fingerprint density at radius 3 is 2.19 bits per heavy atom. The van der Waals surface area contributed by atoms with Gasteiger partial charge in [0.05, 0.1) is 0 Å². The molecule has 0 amide bonds. The second kappa shape index (κ2) is 4.30. The Kier molecular flexibility index (Phi) is 3.43. The zero-order valence-electron chi connectivity index (χ0n) is 9.31. The summed E-state index contributed by atoms with van der Waals surface area (Å²) in [6, 6.07) is 2.30. The van der Waals surface area contributed by atoms with E-state index in [4.69, 9.17) is 0 Å². The van der Waals surface area contributed by atoms with Gasteiger partial charge in [-0.3, -0.25) is 4.98 Å². The van der Waals surface area contributed by atoms with Gasteiger partial charge in [-0.25, -0.2) is 0 Å². The Hall–Kier alpha value is -1.28. The Morgan fingerprint density at radius 2 is 1.81 bits per heavy atom. The number of alkyl halides is 3. The molecule has 1 nitrogen and oxygen atoms in total. The van der Waals surface area contributed by atoms with Crippen molar-refractivity contribution in [1.29, 1.82) is 0 Å². The number of rotatable bonds is 0. The first-order valence-corrected chi connectivity index (χ1v) is 8.25. The highest BCUT2D eigenvalue weighted by Gasteiger charge is 2.31. The van der Waals surface area contributed by atoms with E-state index in [1.807, 2.05) is 0 Å². The first kappa shape index (κ1) is 12.8. The van der Waals surface area contributed by atoms with Crippen molar-refractivity contribution in [3.8, 4) is 11.5 Å². The molecule has 0 bridgehead atoms. The van der Waals surface area contributed by atoms with Gasteiger partial charge in [0, 0.05) is 11.8 Å². The maximum atomic E-state index is 12.2. The van der Waals surface area contributed by atoms with Crippen LogP contribution in [-0.2, 0) is 6.18 Å². The lowest BCUT2D eigenvalue weighted by Crippen LogP contribution is -2.16. The quantitative estimate of drug-likeness (QED) is 0.503. The lowest BCUT2D eigenvalue weighted by atomic mass is 10.2. The molecular formula is C11H12F3NSi. The number of nitrogens with zero attached hydrogens (tertiary/aromatic N) is 1. The number of pyridine rings is 1. The first-order chi connectivity index (χ1) is 7.18. The van der Waals surface area contributed by atoms with Gasteiger partial charge >= 0.3 is 6.18 Å². The number of aromatic nitrogens is 1. The second-order valence-corrected chi connectivity index (χ2v) is 9.18. The average Bonchev–Trinajstić information content (AvgIpc) is 2.13. The summed E-state index contributed by atoms with van der Waals surface area (Å²) in [5, 5.41) is 0. The van der Waals surface area contributed by atoms with E-state index in [0.29, 0.717) is 5.56 Å². The van der Waals surface area contributed by atoms with Gasteiger partial charge in [-0.1, -0.05) is 25.6 Å². The molecule has 0 aliphatic carbocycles. The summed E-state index contributed by atoms with van der Waals surface area (Å²) in [6.07, 6.45) is -3.22. The summed E-state index contributed by atoms with van der Waals surface area (Å²) in [5.74, 6) is 2.85. The molecule has 0 aromatic carbocycles. The average molecular weight is 243 g/mol. The maximum Gasteiger partial charge on any atom is 0.433 e. The van der Waals surface area contributed by atoms with Gasteiger partial charge in [-0.15, -0.1) is 5.54 Å². The van der Waals surface area contributed by atoms with Gasteiger partial charge in [-0.05, 0) is 12.1 Å². The highest BCUT2D eigenvalue weighted by Crippen LogP contribution is 2.26. The molecule has 0 fully saturated rings. The van der Waals surface area contributed by atoms with Crippen molar-refractivity contribution >= 4 is 8.07 Å². The highest BCUT2D eigenvalue weighted by atomic mass is 28.3. The van der Waals surface area contributed by atoms with E-state index < -0.39 is 19.9 Å². The molecule has 0 saturated heterocycles. The summed E-state index contributed by atoms with van der Waals surface area (Å²) >= 11 is 0. The summed E-state index contributed by atoms with van der Waals surface area (Å²) in [5.41, 5.74) is 2.70. The number of hydrogen-bond acceptors (Lipinski definition) is 1. The Bertz CT molecular complexity index is 418. The van der Waals surface area contributed by atoms with Crippen molar-refractivity contribution in [1.82, 2.24) is 4.98 Å². The van der Waals surface area contributed by atoms with Crippen LogP contribution in [0.1, 0.15) is 11.3 Å². The van der Waals surface area contributed by atoms with E-state index in [0.717, 1.165) is 12.3 Å². The van der Waals surface area contributed by atoms with Crippen LogP contribution in [0.3, 0.4) is 0 Å². The van der Waals surface area contributed by atoms with E-state index in [2.05, 4.69) is 36.1 Å². The fourth-order valence-electron chi connectivity index (χ4n) is 0.895. The molecule has 0 radical (unpaired) electrons. The van der Waals surface area contributed by atoms with Gasteiger partial charge in [-0.2, -0.15) is 13.2 Å². The molecule has 0 aliphatic heterocycles. The van der Waals surface area contributed by atoms with Crippen molar-refractivity contribution in [2.45, 2.75) is 25.8 Å². The molecule has 1 aromatic heterocycles. The predicted molar refractivity (Wildman–Crippen MR) is 59.5 cm³/mol. The molecule has 0 N–H and O–H groups in total. The van der Waals surface area contributed by atoms with Crippen LogP contribution >= 0.6 is 0 Å². The number of halogens is 3. The normalized spacial score (nSPS) is 11.9. The standard InChI is InChI=1S/C11H12F3NSi/c1-16(2,3)7-6-9-4-5-10(15-8-9)11(12,13)14/h4-5,8H,1-3H3. The third-order valence-corrected chi connectivity index (χ3v) is 2.51. The third-order valence-electron chi connectivity index (χ3n) is 1.64. The Balaban J connectivity index is 2.91. The van der Waals surface area contributed by atoms with Crippen molar-refractivity contribution < 1.29 is 13.2 Å². The topological polar surface area (TPSA) is 12.9 Å². The summed E-state index contributed by atoms with van der Waals surface area (Å²) in [6.45, 7) is 6.20. The minimum Gasteiger partial charge on any atom is -0.250 e. The Morgan fingerprint density at radius 1 is 1.19 bits per heavy atom. The van der Waals surface area contributed by atoms with Crippen molar-refractivity contribution in [3.63, 3.8) is 0 Å². The van der Waals surface area contributed by atoms with Crippen LogP contribution in [0.5, 0.6) is 0 Å². The summed E-state index contributed by atoms with van der Waals surface area (Å²) < 4.78 is 36.6. The Labute approximate surface area is 93.7 Å². The van der Waals surface area contributed by atoms with Crippen LogP contribution in [0.25, 0.3) is 0 Å². The van der Waals surface area contributed by atoms with E-state index in [1.165, 1.54) is 6.07 Å². The molecule has 86 valence electrons. The van der Waals surface area contributed by atoms with Gasteiger partial charge < -0.3 is 0 Å². The van der Waals surface area contributed by atoms with Crippen LogP contribution in [0, 0.1) is 11.5 Å². The molecular weight excluding hydrogens is 231 g/mol. The predicted octanol–water partition coefficient (Wildman–Crippen LogP) is 3.33. The van der Waals surface area contributed by atoms with Crippen LogP contribution in [0.15, 0.2) is 18.3 Å². The van der Waals surface area contributed by atoms with Gasteiger partial charge in [0.15, 0.2) is 0 Å². The fourth-order valence-corrected chi connectivity index (χ4v) is 1.41. The molecule has 0 atom stereocenters. The number of hydrogen-bond donors (Lipinski definition) is 0. The zero-order valence-corrected chi connectivity index (χ0v) is 10.3. The van der Waals surface area contributed by atoms with Gasteiger partial charge in [0.1, 0.15) is 13.8 Å². The van der Waals surface area contributed by atoms with Crippen LogP contribution < -0.4 is 0 Å². The van der Waals surface area contributed by atoms with E-state index >= 15 is 0 Å². The smallest absolute Gasteiger partial charge is 0.250 e. The summed E-state index contributed by atoms with van der Waals surface area (Å²) in [7, 11) is -1.50. The highest BCUT2D eigenvalue weighted by molar-refractivity contribution is 6.83. The zero-order chi connectivity index (χ0) is 12.4. The van der Waals surface area contributed by atoms with Gasteiger partial charge in [0.25, 0.3) is 0 Å². The third kappa shape index (κ3) is 4.07. The van der Waals surface area contributed by atoms with Gasteiger partial charge in [0.2, 0.25) is 0 Å². The SMILES string of the molecule is C[Si](C)(C)C#Cc1ccc(C(F)(F)F)nc1. The van der Waals surface area contributed by atoms with E-state index in [-0.39, 0.29) is 0 Å². The molecule has 0 unspecified atom stereocenters. The molecule has 1 heterocycles. The summed E-state index contributed by atoms with van der Waals surface area (Å²) in [4.78, 5) is 3.34. The van der Waals surface area contributed by atoms with E-state index in [9.17, 15) is 13.2 Å². The van der Waals surface area contributed by atoms with Crippen molar-refractivity contribution in [2.24, 2.45) is 0 Å². The molecule has 1 aromatic rings. The van der Waals surface area contributed by atoms with Crippen molar-refractivity contribution in [3.05, 3.63) is 29.6 Å². The molecule has 5 heteroatoms. The minimum absolute atomic E-state index is 0.524. The largest absolute Gasteiger partial charge is 0.433 e. The molecule has 0 aliphatic rings. The lowest BCUT2D eigenvalue weighted by molar-refractivity contribution is -0.141. The molecule has 16 heavy (non-hydrogen) atoms. The maximum absolute atomic E-state index is 12.2. The van der Waals surface area contributed by atoms with Crippen LogP contribution in [0.4, 0.5) is 13.2 Å². The fraction of sp³-hybridized carbons (Fsp3) is 0.364. The van der Waals surface area contributed by atoms with Crippen LogP contribution in [0.2, 0.25) is 19.6 Å². The van der Waals surface area contributed by atoms with E-state index in [1.54, 1.807) is 0 Å². The first-order valence-electron chi connectivity index (χ1n) is 4.75. The molecule has 1 rings (SSSR count). The minimum atomic E-state index is -4.38. The molecule has 0 saturated carbocycles. The lowest BCUT2D eigenvalue weighted by Gasteiger charge is -2.05.